The SMILES string of the molecule is COc1ccc(CCN2CCCN(CCO)CC2)cc1. The molecule has 0 spiro atoms. The number of aliphatic hydroxyl groups excluding tert-OH is 1. The highest BCUT2D eigenvalue weighted by atomic mass is 16.5. The van der Waals surface area contributed by atoms with E-state index in [1.165, 1.54) is 12.0 Å². The molecular formula is C16H26N2O2. The van der Waals surface area contributed by atoms with Crippen LogP contribution in [-0.2, 0) is 6.42 Å². The second-order valence-corrected chi connectivity index (χ2v) is 5.36. The maximum absolute atomic E-state index is 9.01. The van der Waals surface area contributed by atoms with Gasteiger partial charge in [0, 0.05) is 26.2 Å². The monoisotopic (exact) mass is 278 g/mol. The predicted octanol–water partition coefficient (Wildman–Crippen LogP) is 1.24. The van der Waals surface area contributed by atoms with Gasteiger partial charge in [-0.15, -0.1) is 0 Å². The molecule has 0 saturated carbocycles. The molecule has 0 bridgehead atoms. The molecule has 4 nitrogen and oxygen atoms in total. The summed E-state index contributed by atoms with van der Waals surface area (Å²) >= 11 is 0. The van der Waals surface area contributed by atoms with Gasteiger partial charge < -0.3 is 14.7 Å². The number of rotatable bonds is 6. The highest BCUT2D eigenvalue weighted by Crippen LogP contribution is 2.12. The van der Waals surface area contributed by atoms with E-state index in [9.17, 15) is 0 Å². The molecule has 4 heteroatoms. The number of nitrogens with zero attached hydrogens (tertiary/aromatic N) is 2. The number of hydrogen-bond acceptors (Lipinski definition) is 4. The summed E-state index contributed by atoms with van der Waals surface area (Å²) < 4.78 is 5.18. The normalized spacial score (nSPS) is 17.9. The number of aliphatic hydroxyl groups is 1. The molecule has 1 aromatic rings. The van der Waals surface area contributed by atoms with Gasteiger partial charge in [-0.05, 0) is 43.6 Å². The third-order valence-corrected chi connectivity index (χ3v) is 3.97. The molecule has 1 aromatic carbocycles. The summed E-state index contributed by atoms with van der Waals surface area (Å²) in [6, 6.07) is 8.35. The second-order valence-electron chi connectivity index (χ2n) is 5.36. The van der Waals surface area contributed by atoms with Gasteiger partial charge in [0.15, 0.2) is 0 Å². The summed E-state index contributed by atoms with van der Waals surface area (Å²) in [5, 5.41) is 9.01. The van der Waals surface area contributed by atoms with Crippen LogP contribution in [0.5, 0.6) is 5.75 Å². The van der Waals surface area contributed by atoms with Crippen molar-refractivity contribution in [2.45, 2.75) is 12.8 Å². The molecule has 1 saturated heterocycles. The minimum absolute atomic E-state index is 0.270. The molecule has 112 valence electrons. The fourth-order valence-electron chi connectivity index (χ4n) is 2.69. The van der Waals surface area contributed by atoms with Crippen molar-refractivity contribution in [2.24, 2.45) is 0 Å². The third kappa shape index (κ3) is 4.78. The largest absolute Gasteiger partial charge is 0.497 e. The Hall–Kier alpha value is -1.10. The Morgan fingerprint density at radius 1 is 1.00 bits per heavy atom. The lowest BCUT2D eigenvalue weighted by Crippen LogP contribution is -2.33. The number of benzene rings is 1. The van der Waals surface area contributed by atoms with Gasteiger partial charge >= 0.3 is 0 Å². The second kappa shape index (κ2) is 8.25. The lowest BCUT2D eigenvalue weighted by molar-refractivity contribution is 0.197. The van der Waals surface area contributed by atoms with Crippen molar-refractivity contribution in [3.8, 4) is 5.75 Å². The van der Waals surface area contributed by atoms with Gasteiger partial charge in [0.25, 0.3) is 0 Å². The van der Waals surface area contributed by atoms with Gasteiger partial charge in [-0.3, -0.25) is 4.90 Å². The summed E-state index contributed by atoms with van der Waals surface area (Å²) in [7, 11) is 1.70. The van der Waals surface area contributed by atoms with Crippen LogP contribution in [0.15, 0.2) is 24.3 Å². The zero-order valence-electron chi connectivity index (χ0n) is 12.4. The molecule has 0 amide bonds. The standard InChI is InChI=1S/C16H26N2O2/c1-20-16-5-3-15(4-6-16)7-10-17-8-2-9-18(12-11-17)13-14-19/h3-6,19H,2,7-14H2,1H3. The summed E-state index contributed by atoms with van der Waals surface area (Å²) in [6.45, 7) is 6.65. The average molecular weight is 278 g/mol. The Morgan fingerprint density at radius 2 is 1.65 bits per heavy atom. The van der Waals surface area contributed by atoms with Gasteiger partial charge in [0.05, 0.1) is 13.7 Å². The van der Waals surface area contributed by atoms with Crippen LogP contribution in [0.1, 0.15) is 12.0 Å². The minimum Gasteiger partial charge on any atom is -0.497 e. The first-order chi connectivity index (χ1) is 9.81. The highest BCUT2D eigenvalue weighted by molar-refractivity contribution is 5.27. The third-order valence-electron chi connectivity index (χ3n) is 3.97. The maximum Gasteiger partial charge on any atom is 0.118 e. The molecular weight excluding hydrogens is 252 g/mol. The number of ether oxygens (including phenoxy) is 1. The van der Waals surface area contributed by atoms with Crippen LogP contribution < -0.4 is 4.74 Å². The highest BCUT2D eigenvalue weighted by Gasteiger charge is 2.13. The van der Waals surface area contributed by atoms with Crippen LogP contribution >= 0.6 is 0 Å². The summed E-state index contributed by atoms with van der Waals surface area (Å²) in [5.41, 5.74) is 1.36. The molecule has 1 heterocycles. The van der Waals surface area contributed by atoms with E-state index in [0.717, 1.165) is 51.4 Å². The maximum atomic E-state index is 9.01. The fourth-order valence-corrected chi connectivity index (χ4v) is 2.69. The van der Waals surface area contributed by atoms with Crippen LogP contribution in [0.25, 0.3) is 0 Å². The molecule has 0 atom stereocenters. The van der Waals surface area contributed by atoms with Crippen molar-refractivity contribution in [3.05, 3.63) is 29.8 Å². The first-order valence-corrected chi connectivity index (χ1v) is 7.50. The lowest BCUT2D eigenvalue weighted by Gasteiger charge is -2.21. The lowest BCUT2D eigenvalue weighted by atomic mass is 10.1. The molecule has 1 aliphatic heterocycles. The molecule has 1 N–H and O–H groups in total. The molecule has 2 rings (SSSR count). The molecule has 0 aliphatic carbocycles. The minimum atomic E-state index is 0.270. The van der Waals surface area contributed by atoms with Crippen molar-refractivity contribution in [1.29, 1.82) is 0 Å². The van der Waals surface area contributed by atoms with Crippen LogP contribution in [0.2, 0.25) is 0 Å². The fraction of sp³-hybridized carbons (Fsp3) is 0.625. The van der Waals surface area contributed by atoms with Crippen LogP contribution in [-0.4, -0.2) is 67.9 Å². The average Bonchev–Trinajstić information content (AvgIpc) is 2.71. The van der Waals surface area contributed by atoms with E-state index in [-0.39, 0.29) is 6.61 Å². The first-order valence-electron chi connectivity index (χ1n) is 7.50. The first kappa shape index (κ1) is 15.3. The quantitative estimate of drug-likeness (QED) is 0.849. The van der Waals surface area contributed by atoms with Crippen LogP contribution in [0.4, 0.5) is 0 Å². The van der Waals surface area contributed by atoms with Crippen LogP contribution in [0, 0.1) is 0 Å². The van der Waals surface area contributed by atoms with E-state index >= 15 is 0 Å². The van der Waals surface area contributed by atoms with Crippen LogP contribution in [0.3, 0.4) is 0 Å². The Kier molecular flexibility index (Phi) is 6.30. The van der Waals surface area contributed by atoms with Gasteiger partial charge in [-0.1, -0.05) is 12.1 Å². The van der Waals surface area contributed by atoms with Crippen molar-refractivity contribution >= 4 is 0 Å². The van der Waals surface area contributed by atoms with E-state index in [1.807, 2.05) is 12.1 Å². The van der Waals surface area contributed by atoms with E-state index in [2.05, 4.69) is 21.9 Å². The molecule has 0 radical (unpaired) electrons. The van der Waals surface area contributed by atoms with Crippen molar-refractivity contribution in [1.82, 2.24) is 9.80 Å². The zero-order chi connectivity index (χ0) is 14.2. The van der Waals surface area contributed by atoms with E-state index in [4.69, 9.17) is 9.84 Å². The Bertz CT molecular complexity index is 381. The van der Waals surface area contributed by atoms with Gasteiger partial charge in [0.2, 0.25) is 0 Å². The van der Waals surface area contributed by atoms with Crippen molar-refractivity contribution in [3.63, 3.8) is 0 Å². The number of β-amino-alcohol motifs (C(OH)–C–C–N with tert-alkyl or cyclic N) is 1. The zero-order valence-corrected chi connectivity index (χ0v) is 12.4. The summed E-state index contributed by atoms with van der Waals surface area (Å²) in [6.07, 6.45) is 2.28. The summed E-state index contributed by atoms with van der Waals surface area (Å²) in [4.78, 5) is 4.88. The molecule has 20 heavy (non-hydrogen) atoms. The summed E-state index contributed by atoms with van der Waals surface area (Å²) in [5.74, 6) is 0.920. The molecule has 1 aliphatic rings. The van der Waals surface area contributed by atoms with E-state index < -0.39 is 0 Å². The molecule has 1 fully saturated rings. The Morgan fingerprint density at radius 3 is 2.25 bits per heavy atom. The van der Waals surface area contributed by atoms with Gasteiger partial charge in [-0.25, -0.2) is 0 Å². The van der Waals surface area contributed by atoms with Gasteiger partial charge in [-0.2, -0.15) is 0 Å². The Balaban J connectivity index is 1.75. The molecule has 0 aromatic heterocycles. The van der Waals surface area contributed by atoms with E-state index in [0.29, 0.717) is 0 Å². The topological polar surface area (TPSA) is 35.9 Å². The Labute approximate surface area is 122 Å². The van der Waals surface area contributed by atoms with Crippen molar-refractivity contribution in [2.75, 3.05) is 53.0 Å². The smallest absolute Gasteiger partial charge is 0.118 e. The van der Waals surface area contributed by atoms with Crippen molar-refractivity contribution < 1.29 is 9.84 Å². The predicted molar refractivity (Wildman–Crippen MR) is 81.3 cm³/mol. The number of methoxy groups -OCH3 is 1. The number of hydrogen-bond donors (Lipinski definition) is 1. The van der Waals surface area contributed by atoms with Gasteiger partial charge in [0.1, 0.15) is 5.75 Å². The van der Waals surface area contributed by atoms with E-state index in [1.54, 1.807) is 7.11 Å². The molecule has 0 unspecified atom stereocenters.